The highest BCUT2D eigenvalue weighted by Gasteiger charge is 2.19. The highest BCUT2D eigenvalue weighted by molar-refractivity contribution is 5.85. The largest absolute Gasteiger partial charge is 0.311 e. The van der Waals surface area contributed by atoms with Crippen LogP contribution in [0.1, 0.15) is 17.9 Å². The second kappa shape index (κ2) is 27.1. The van der Waals surface area contributed by atoms with E-state index < -0.39 is 0 Å². The number of para-hydroxylation sites is 4. The van der Waals surface area contributed by atoms with Crippen molar-refractivity contribution in [2.24, 2.45) is 0 Å². The lowest BCUT2D eigenvalue weighted by atomic mass is 9.92. The summed E-state index contributed by atoms with van der Waals surface area (Å²) in [6.07, 6.45) is 9.86. The van der Waals surface area contributed by atoms with E-state index in [1.165, 1.54) is 16.7 Å². The highest BCUT2D eigenvalue weighted by Crippen LogP contribution is 2.43. The van der Waals surface area contributed by atoms with Crippen LogP contribution in [0.5, 0.6) is 0 Å². The van der Waals surface area contributed by atoms with Crippen LogP contribution in [0.25, 0.3) is 55.6 Å². The Labute approximate surface area is 552 Å². The molecule has 0 radical (unpaired) electrons. The van der Waals surface area contributed by atoms with Gasteiger partial charge in [-0.1, -0.05) is 249 Å². The van der Waals surface area contributed by atoms with E-state index in [4.69, 9.17) is 0 Å². The van der Waals surface area contributed by atoms with Crippen LogP contribution < -0.4 is 19.6 Å². The van der Waals surface area contributed by atoms with E-state index in [0.717, 1.165) is 119 Å². The molecule has 4 nitrogen and oxygen atoms in total. The summed E-state index contributed by atoms with van der Waals surface area (Å²) in [4.78, 5) is 9.30. The summed E-state index contributed by atoms with van der Waals surface area (Å²) in [6.45, 7) is 0. The minimum Gasteiger partial charge on any atom is -0.311 e. The first kappa shape index (κ1) is 58.2. The van der Waals surface area contributed by atoms with E-state index in [0.29, 0.717) is 5.92 Å². The van der Waals surface area contributed by atoms with Crippen molar-refractivity contribution in [2.45, 2.75) is 12.3 Å². The zero-order valence-corrected chi connectivity index (χ0v) is 52.1. The third kappa shape index (κ3) is 12.7. The monoisotopic (exact) mass is 1200 g/mol. The van der Waals surface area contributed by atoms with E-state index in [2.05, 4.69) is 414 Å². The van der Waals surface area contributed by atoms with Crippen molar-refractivity contribution in [3.05, 3.63) is 400 Å². The molecule has 94 heavy (non-hydrogen) atoms. The van der Waals surface area contributed by atoms with E-state index in [-0.39, 0.29) is 0 Å². The van der Waals surface area contributed by atoms with Crippen molar-refractivity contribution < 1.29 is 0 Å². The van der Waals surface area contributed by atoms with Crippen LogP contribution in [0, 0.1) is 0 Å². The van der Waals surface area contributed by atoms with Gasteiger partial charge in [-0.25, -0.2) is 0 Å². The first-order chi connectivity index (χ1) is 46.6. The second-order valence-corrected chi connectivity index (χ2v) is 23.7. The number of anilines is 12. The van der Waals surface area contributed by atoms with Crippen molar-refractivity contribution in [1.82, 2.24) is 0 Å². The van der Waals surface area contributed by atoms with Gasteiger partial charge in [0.05, 0.1) is 0 Å². The van der Waals surface area contributed by atoms with Gasteiger partial charge in [0.2, 0.25) is 0 Å². The van der Waals surface area contributed by atoms with Crippen molar-refractivity contribution >= 4 is 68.2 Å². The number of hydrogen-bond acceptors (Lipinski definition) is 4. The lowest BCUT2D eigenvalue weighted by Crippen LogP contribution is -2.10. The molecule has 15 rings (SSSR count). The number of benzene rings is 14. The van der Waals surface area contributed by atoms with Crippen molar-refractivity contribution in [3.8, 4) is 55.6 Å². The van der Waals surface area contributed by atoms with Gasteiger partial charge in [-0.2, -0.15) is 0 Å². The van der Waals surface area contributed by atoms with E-state index in [1.54, 1.807) is 0 Å². The smallest absolute Gasteiger partial charge is 0.0462 e. The van der Waals surface area contributed by atoms with Crippen LogP contribution in [0.2, 0.25) is 0 Å². The van der Waals surface area contributed by atoms with Crippen LogP contribution in [0.4, 0.5) is 68.2 Å². The van der Waals surface area contributed by atoms with Gasteiger partial charge in [-0.3, -0.25) is 0 Å². The fraction of sp³-hybridized carbons (Fsp3) is 0.0222. The summed E-state index contributed by atoms with van der Waals surface area (Å²) in [5, 5.41) is 0. The Hall–Kier alpha value is -12.2. The molecule has 14 aromatic rings. The molecule has 0 N–H and O–H groups in total. The minimum atomic E-state index is 0.412. The molecule has 0 fully saturated rings. The zero-order chi connectivity index (χ0) is 62.8. The Balaban J connectivity index is 0.626. The summed E-state index contributed by atoms with van der Waals surface area (Å²) in [5.74, 6) is 0.412. The molecule has 0 bridgehead atoms. The Bertz CT molecular complexity index is 4810. The maximum absolute atomic E-state index is 2.33. The van der Waals surface area contributed by atoms with Gasteiger partial charge in [0.15, 0.2) is 0 Å². The summed E-state index contributed by atoms with van der Waals surface area (Å²) in [5.41, 5.74) is 26.2. The number of allylic oxidation sites excluding steroid dienone is 4. The lowest BCUT2D eigenvalue weighted by molar-refractivity contribution is 0.854. The average Bonchev–Trinajstić information content (AvgIpc) is 2.45. The molecule has 4 heteroatoms. The Morgan fingerprint density at radius 2 is 0.351 bits per heavy atom. The van der Waals surface area contributed by atoms with Crippen LogP contribution in [0.15, 0.2) is 394 Å². The molecule has 1 aliphatic carbocycles. The molecule has 0 amide bonds. The molecule has 1 atom stereocenters. The fourth-order valence-electron chi connectivity index (χ4n) is 12.9. The topological polar surface area (TPSA) is 13.0 Å². The molecular formula is C90H68N4. The van der Waals surface area contributed by atoms with Crippen LogP contribution >= 0.6 is 0 Å². The van der Waals surface area contributed by atoms with E-state index in [1.807, 2.05) is 0 Å². The molecule has 0 spiro atoms. The van der Waals surface area contributed by atoms with Gasteiger partial charge in [0, 0.05) is 74.2 Å². The van der Waals surface area contributed by atoms with Gasteiger partial charge in [0.1, 0.15) is 0 Å². The van der Waals surface area contributed by atoms with Crippen molar-refractivity contribution in [2.75, 3.05) is 19.6 Å². The molecule has 14 aromatic carbocycles. The lowest BCUT2D eigenvalue weighted by Gasteiger charge is -2.26. The van der Waals surface area contributed by atoms with E-state index in [9.17, 15) is 0 Å². The average molecular weight is 1210 g/mol. The zero-order valence-electron chi connectivity index (χ0n) is 52.1. The summed E-state index contributed by atoms with van der Waals surface area (Å²) >= 11 is 0. The molecule has 1 unspecified atom stereocenters. The third-order valence-electron chi connectivity index (χ3n) is 17.8. The van der Waals surface area contributed by atoms with Crippen LogP contribution in [-0.2, 0) is 0 Å². The molecule has 0 aliphatic heterocycles. The standard InChI is InChI=1S/C90H68N4/c1-7-19-67(20-8-1)71-35-51-83(52-36-71)91(79-23-11-3-12-24-79)87-59-43-75(44-60-87)77-47-63-89(64-48-77)93(81-27-15-5-16-28-81)85-55-39-73(40-56-85)69-31-33-70(34-32-69)74-41-57-86(58-42-74)94(82-29-17-6-18-30-82)90-65-49-78(50-66-90)76-45-61-88(62-46-76)92(80-25-13-4-14-26-80)84-53-37-72(38-54-84)68-21-9-2-10-22-68/h1-21,23-66,68H,22H2. The Morgan fingerprint density at radius 1 is 0.170 bits per heavy atom. The molecule has 448 valence electrons. The highest BCUT2D eigenvalue weighted by atomic mass is 15.2. The summed E-state index contributed by atoms with van der Waals surface area (Å²) in [6, 6.07) is 133. The predicted octanol–water partition coefficient (Wildman–Crippen LogP) is 25.5. The third-order valence-corrected chi connectivity index (χ3v) is 17.8. The molecule has 0 saturated heterocycles. The number of hydrogen-bond donors (Lipinski definition) is 0. The van der Waals surface area contributed by atoms with Crippen molar-refractivity contribution in [1.29, 1.82) is 0 Å². The quantitative estimate of drug-likeness (QED) is 0.0849. The van der Waals surface area contributed by atoms with Gasteiger partial charge < -0.3 is 19.6 Å². The number of rotatable bonds is 18. The van der Waals surface area contributed by atoms with Gasteiger partial charge in [-0.15, -0.1) is 0 Å². The molecule has 0 heterocycles. The Morgan fingerprint density at radius 3 is 0.564 bits per heavy atom. The maximum Gasteiger partial charge on any atom is 0.0462 e. The SMILES string of the molecule is C1=CCC(c2ccc(N(c3ccccc3)c3ccc(-c4ccc(N(c5ccccc5)c5ccc(-c6ccc(-c7ccc(N(c8ccccc8)c8ccc(-c9ccc(N(c%10ccccc%10)c%10ccc(-c%11ccccc%11)cc%10)cc9)cc8)cc7)cc6)cc5)cc4)cc3)cc2)C=C1. The van der Waals surface area contributed by atoms with Gasteiger partial charge in [-0.05, 0) is 213 Å². The van der Waals surface area contributed by atoms with Crippen LogP contribution in [-0.4, -0.2) is 0 Å². The minimum absolute atomic E-state index is 0.412. The summed E-state index contributed by atoms with van der Waals surface area (Å²) < 4.78 is 0. The molecule has 0 aromatic heterocycles. The van der Waals surface area contributed by atoms with Crippen molar-refractivity contribution in [3.63, 3.8) is 0 Å². The molecular weight excluding hydrogens is 1140 g/mol. The van der Waals surface area contributed by atoms with E-state index >= 15 is 0 Å². The maximum atomic E-state index is 2.33. The van der Waals surface area contributed by atoms with Crippen LogP contribution in [0.3, 0.4) is 0 Å². The predicted molar refractivity (Wildman–Crippen MR) is 398 cm³/mol. The Kier molecular flexibility index (Phi) is 16.7. The van der Waals surface area contributed by atoms with Gasteiger partial charge in [0.25, 0.3) is 0 Å². The number of nitrogens with zero attached hydrogens (tertiary/aromatic N) is 4. The fourth-order valence-corrected chi connectivity index (χ4v) is 12.9. The molecule has 0 saturated carbocycles. The second-order valence-electron chi connectivity index (χ2n) is 23.7. The first-order valence-electron chi connectivity index (χ1n) is 32.3. The van der Waals surface area contributed by atoms with Gasteiger partial charge >= 0.3 is 0 Å². The first-order valence-corrected chi connectivity index (χ1v) is 32.3. The summed E-state index contributed by atoms with van der Waals surface area (Å²) in [7, 11) is 0. The normalized spacial score (nSPS) is 12.4. The molecule has 1 aliphatic rings.